The molecule has 0 aliphatic heterocycles. The number of ether oxygens (including phenoxy) is 2. The molecule has 1 atom stereocenters. The van der Waals surface area contributed by atoms with Gasteiger partial charge in [-0.3, -0.25) is 4.98 Å². The lowest BCUT2D eigenvalue weighted by Gasteiger charge is -2.20. The highest BCUT2D eigenvalue weighted by Gasteiger charge is 2.17. The van der Waals surface area contributed by atoms with Crippen LogP contribution in [0.3, 0.4) is 0 Å². The highest BCUT2D eigenvalue weighted by atomic mass is 35.5. The van der Waals surface area contributed by atoms with E-state index in [2.05, 4.69) is 20.6 Å². The molecule has 4 aromatic rings. The van der Waals surface area contributed by atoms with E-state index >= 15 is 0 Å². The first-order chi connectivity index (χ1) is 16.1. The van der Waals surface area contributed by atoms with E-state index in [1.807, 2.05) is 47.2 Å². The maximum Gasteiger partial charge on any atom is 0.323 e. The molecule has 2 aromatic heterocycles. The number of anilines is 2. The van der Waals surface area contributed by atoms with E-state index in [0.717, 1.165) is 11.1 Å². The molecule has 0 aliphatic carbocycles. The first-order valence-corrected chi connectivity index (χ1v) is 10.4. The fraction of sp³-hybridized carbons (Fsp3) is 0.125. The lowest BCUT2D eigenvalue weighted by atomic mass is 9.99. The molecule has 0 saturated carbocycles. The van der Waals surface area contributed by atoms with Gasteiger partial charge in [-0.25, -0.2) is 9.78 Å². The summed E-state index contributed by atoms with van der Waals surface area (Å²) in [5.41, 5.74) is 3.07. The first-order valence-electron chi connectivity index (χ1n) is 10.1. The molecule has 8 nitrogen and oxygen atoms in total. The monoisotopic (exact) mass is 463 g/mol. The van der Waals surface area contributed by atoms with Crippen molar-refractivity contribution in [3.05, 3.63) is 95.8 Å². The number of amides is 2. The Kier molecular flexibility index (Phi) is 6.75. The quantitative estimate of drug-likeness (QED) is 0.391. The van der Waals surface area contributed by atoms with Gasteiger partial charge in [-0.05, 0) is 41.5 Å². The van der Waals surface area contributed by atoms with Crippen molar-refractivity contribution < 1.29 is 14.3 Å². The van der Waals surface area contributed by atoms with E-state index in [1.165, 1.54) is 14.2 Å². The van der Waals surface area contributed by atoms with Crippen molar-refractivity contribution in [1.82, 2.24) is 14.5 Å². The van der Waals surface area contributed by atoms with Crippen molar-refractivity contribution in [1.29, 1.82) is 0 Å². The average molecular weight is 464 g/mol. The van der Waals surface area contributed by atoms with Crippen LogP contribution in [0.1, 0.15) is 17.2 Å². The Hall–Kier alpha value is -4.04. The molecule has 2 amide bonds. The number of methoxy groups -OCH3 is 2. The molecule has 9 heteroatoms. The van der Waals surface area contributed by atoms with E-state index < -0.39 is 6.03 Å². The molecule has 168 valence electrons. The van der Waals surface area contributed by atoms with Crippen LogP contribution in [-0.2, 0) is 0 Å². The SMILES string of the molecule is COc1cc(OC)c(NC(=O)Nc2cccc(C(c3ccncc3)n3ccnc3)c2)cc1Cl. The number of carbonyl (C=O) groups excluding carboxylic acids is 1. The Morgan fingerprint density at radius 1 is 0.939 bits per heavy atom. The molecule has 0 bridgehead atoms. The van der Waals surface area contributed by atoms with Gasteiger partial charge in [0.15, 0.2) is 0 Å². The van der Waals surface area contributed by atoms with Gasteiger partial charge in [0.1, 0.15) is 11.5 Å². The van der Waals surface area contributed by atoms with Gasteiger partial charge in [0.2, 0.25) is 0 Å². The van der Waals surface area contributed by atoms with Crippen molar-refractivity contribution in [2.75, 3.05) is 24.9 Å². The standard InChI is InChI=1S/C24H22ClN5O3/c1-32-21-14-22(33-2)20(13-19(21)25)29-24(31)28-18-5-3-4-17(12-18)23(30-11-10-27-15-30)16-6-8-26-9-7-16/h3-15,23H,1-2H3,(H2,28,29,31). The lowest BCUT2D eigenvalue weighted by Crippen LogP contribution is -2.20. The molecule has 4 rings (SSSR count). The number of halogens is 1. The molecule has 0 fully saturated rings. The normalized spacial score (nSPS) is 11.5. The second-order valence-corrected chi connectivity index (χ2v) is 7.49. The number of hydrogen-bond acceptors (Lipinski definition) is 5. The summed E-state index contributed by atoms with van der Waals surface area (Å²) in [6, 6.07) is 14.2. The Morgan fingerprint density at radius 2 is 1.73 bits per heavy atom. The van der Waals surface area contributed by atoms with Gasteiger partial charge in [0, 0.05) is 36.5 Å². The van der Waals surface area contributed by atoms with Crippen LogP contribution in [0, 0.1) is 0 Å². The number of aromatic nitrogens is 3. The number of imidazole rings is 1. The number of carbonyl (C=O) groups is 1. The third kappa shape index (κ3) is 5.07. The van der Waals surface area contributed by atoms with Crippen LogP contribution in [-0.4, -0.2) is 34.8 Å². The second-order valence-electron chi connectivity index (χ2n) is 7.08. The topological polar surface area (TPSA) is 90.3 Å². The number of hydrogen-bond donors (Lipinski definition) is 2. The van der Waals surface area contributed by atoms with Gasteiger partial charge >= 0.3 is 6.03 Å². The summed E-state index contributed by atoms with van der Waals surface area (Å²) in [6.45, 7) is 0. The zero-order valence-electron chi connectivity index (χ0n) is 18.0. The number of pyridine rings is 1. The lowest BCUT2D eigenvalue weighted by molar-refractivity contribution is 0.262. The molecule has 2 aromatic carbocycles. The fourth-order valence-corrected chi connectivity index (χ4v) is 3.77. The third-order valence-electron chi connectivity index (χ3n) is 5.03. The summed E-state index contributed by atoms with van der Waals surface area (Å²) in [4.78, 5) is 21.0. The Morgan fingerprint density at radius 3 is 2.42 bits per heavy atom. The first kappa shape index (κ1) is 22.2. The maximum atomic E-state index is 12.7. The Balaban J connectivity index is 1.57. The molecular weight excluding hydrogens is 442 g/mol. The summed E-state index contributed by atoms with van der Waals surface area (Å²) in [5, 5.41) is 5.99. The van der Waals surface area contributed by atoms with Crippen LogP contribution in [0.15, 0.2) is 79.6 Å². The van der Waals surface area contributed by atoms with Crippen LogP contribution in [0.5, 0.6) is 11.5 Å². The van der Waals surface area contributed by atoms with Crippen molar-refractivity contribution in [3.63, 3.8) is 0 Å². The van der Waals surface area contributed by atoms with Crippen LogP contribution in [0.2, 0.25) is 5.02 Å². The molecule has 0 saturated heterocycles. The number of nitrogens with one attached hydrogen (secondary N) is 2. The van der Waals surface area contributed by atoms with E-state index in [1.54, 1.807) is 37.1 Å². The number of rotatable bonds is 7. The van der Waals surface area contributed by atoms with Gasteiger partial charge in [-0.1, -0.05) is 23.7 Å². The van der Waals surface area contributed by atoms with Gasteiger partial charge in [-0.15, -0.1) is 0 Å². The maximum absolute atomic E-state index is 12.7. The highest BCUT2D eigenvalue weighted by Crippen LogP contribution is 2.36. The Bertz CT molecular complexity index is 1230. The minimum absolute atomic E-state index is 0.124. The van der Waals surface area contributed by atoms with Crippen molar-refractivity contribution in [2.24, 2.45) is 0 Å². The van der Waals surface area contributed by atoms with Crippen LogP contribution < -0.4 is 20.1 Å². The van der Waals surface area contributed by atoms with Crippen molar-refractivity contribution >= 4 is 29.0 Å². The smallest absolute Gasteiger partial charge is 0.323 e. The van der Waals surface area contributed by atoms with Crippen LogP contribution in [0.4, 0.5) is 16.2 Å². The molecule has 2 heterocycles. The van der Waals surface area contributed by atoms with E-state index in [4.69, 9.17) is 21.1 Å². The van der Waals surface area contributed by atoms with E-state index in [9.17, 15) is 4.79 Å². The summed E-state index contributed by atoms with van der Waals surface area (Å²) in [7, 11) is 3.01. The summed E-state index contributed by atoms with van der Waals surface area (Å²) >= 11 is 6.20. The van der Waals surface area contributed by atoms with Crippen LogP contribution in [0.25, 0.3) is 0 Å². The van der Waals surface area contributed by atoms with Gasteiger partial charge in [0.25, 0.3) is 0 Å². The van der Waals surface area contributed by atoms with Gasteiger partial charge in [-0.2, -0.15) is 0 Å². The summed E-state index contributed by atoms with van der Waals surface area (Å²) in [5.74, 6) is 0.881. The second kappa shape index (κ2) is 10.1. The minimum atomic E-state index is -0.435. The molecule has 0 radical (unpaired) electrons. The predicted molar refractivity (Wildman–Crippen MR) is 127 cm³/mol. The van der Waals surface area contributed by atoms with Crippen LogP contribution >= 0.6 is 11.6 Å². The third-order valence-corrected chi connectivity index (χ3v) is 5.32. The largest absolute Gasteiger partial charge is 0.495 e. The molecule has 0 spiro atoms. The Labute approximate surface area is 196 Å². The summed E-state index contributed by atoms with van der Waals surface area (Å²) in [6.07, 6.45) is 8.90. The van der Waals surface area contributed by atoms with E-state index in [0.29, 0.717) is 27.9 Å². The average Bonchev–Trinajstić information content (AvgIpc) is 3.35. The fourth-order valence-electron chi connectivity index (χ4n) is 3.53. The minimum Gasteiger partial charge on any atom is -0.495 e. The van der Waals surface area contributed by atoms with E-state index in [-0.39, 0.29) is 6.04 Å². The molecule has 2 N–H and O–H groups in total. The zero-order chi connectivity index (χ0) is 23.2. The number of nitrogens with zero attached hydrogens (tertiary/aromatic N) is 3. The zero-order valence-corrected chi connectivity index (χ0v) is 18.8. The van der Waals surface area contributed by atoms with Crippen molar-refractivity contribution in [2.45, 2.75) is 6.04 Å². The molecule has 0 aliphatic rings. The summed E-state index contributed by atoms with van der Waals surface area (Å²) < 4.78 is 12.5. The van der Waals surface area contributed by atoms with Gasteiger partial charge in [0.05, 0.1) is 37.3 Å². The predicted octanol–water partition coefficient (Wildman–Crippen LogP) is 5.23. The molecular formula is C24H22ClN5O3. The molecule has 1 unspecified atom stereocenters. The number of urea groups is 1. The number of benzene rings is 2. The van der Waals surface area contributed by atoms with Gasteiger partial charge < -0.3 is 24.7 Å². The highest BCUT2D eigenvalue weighted by molar-refractivity contribution is 6.32. The van der Waals surface area contributed by atoms with Crippen molar-refractivity contribution in [3.8, 4) is 11.5 Å². The molecule has 33 heavy (non-hydrogen) atoms.